The van der Waals surface area contributed by atoms with Crippen molar-refractivity contribution >= 4 is 29.2 Å². The lowest BCUT2D eigenvalue weighted by Gasteiger charge is -2.20. The van der Waals surface area contributed by atoms with Crippen LogP contribution in [0.1, 0.15) is 30.9 Å². The molecule has 2 aromatic carbocycles. The van der Waals surface area contributed by atoms with E-state index in [4.69, 9.17) is 21.6 Å². The molecule has 0 aromatic heterocycles. The molecule has 0 aliphatic rings. The van der Waals surface area contributed by atoms with Gasteiger partial charge in [-0.1, -0.05) is 49.7 Å². The van der Waals surface area contributed by atoms with Gasteiger partial charge < -0.3 is 10.1 Å². The standard InChI is InChI=1S/C20H19ClN2O3/c1-13(2)19(14-7-9-16(21)10-8-14)20(25)26-12-18(24)23-17-6-4-3-5-15(17)11-22/h3-10,13,19H,12H2,1-2H3,(H,23,24)/t19-/m1/s1. The largest absolute Gasteiger partial charge is 0.455 e. The number of hydrogen-bond donors (Lipinski definition) is 1. The van der Waals surface area contributed by atoms with E-state index in [2.05, 4.69) is 5.32 Å². The number of amides is 1. The third-order valence-electron chi connectivity index (χ3n) is 3.82. The van der Waals surface area contributed by atoms with E-state index < -0.39 is 24.4 Å². The average Bonchev–Trinajstić information content (AvgIpc) is 2.62. The number of carbonyl (C=O) groups excluding carboxylic acids is 2. The predicted molar refractivity (Wildman–Crippen MR) is 99.8 cm³/mol. The number of nitrogens with one attached hydrogen (secondary N) is 1. The molecular weight excluding hydrogens is 352 g/mol. The zero-order valence-electron chi connectivity index (χ0n) is 14.5. The molecule has 2 rings (SSSR count). The molecule has 5 nitrogen and oxygen atoms in total. The van der Waals surface area contributed by atoms with Crippen LogP contribution in [-0.2, 0) is 14.3 Å². The van der Waals surface area contributed by atoms with Crippen molar-refractivity contribution in [1.82, 2.24) is 0 Å². The van der Waals surface area contributed by atoms with Gasteiger partial charge in [0.2, 0.25) is 0 Å². The Morgan fingerprint density at radius 2 is 1.81 bits per heavy atom. The molecule has 0 radical (unpaired) electrons. The summed E-state index contributed by atoms with van der Waals surface area (Å²) in [6.07, 6.45) is 0. The number of nitriles is 1. The molecule has 1 atom stereocenters. The predicted octanol–water partition coefficient (Wildman–Crippen LogP) is 4.13. The highest BCUT2D eigenvalue weighted by Crippen LogP contribution is 2.27. The summed E-state index contributed by atoms with van der Waals surface area (Å²) in [6.45, 7) is 3.39. The molecule has 0 spiro atoms. The molecule has 2 aromatic rings. The van der Waals surface area contributed by atoms with E-state index in [1.54, 1.807) is 48.5 Å². The van der Waals surface area contributed by atoms with Gasteiger partial charge in [0, 0.05) is 5.02 Å². The molecule has 0 aliphatic heterocycles. The summed E-state index contributed by atoms with van der Waals surface area (Å²) in [5.74, 6) is -1.48. The fourth-order valence-electron chi connectivity index (χ4n) is 2.57. The Morgan fingerprint density at radius 3 is 2.42 bits per heavy atom. The fraction of sp³-hybridized carbons (Fsp3) is 0.250. The van der Waals surface area contributed by atoms with E-state index in [0.717, 1.165) is 5.56 Å². The maximum atomic E-state index is 12.5. The summed E-state index contributed by atoms with van der Waals surface area (Å²) in [6, 6.07) is 15.6. The number of carbonyl (C=O) groups is 2. The Kier molecular flexibility index (Phi) is 6.76. The maximum absolute atomic E-state index is 12.5. The van der Waals surface area contributed by atoms with Crippen LogP contribution in [0.25, 0.3) is 0 Å². The van der Waals surface area contributed by atoms with Gasteiger partial charge in [-0.15, -0.1) is 0 Å². The minimum absolute atomic E-state index is 0.00829. The second-order valence-corrected chi connectivity index (χ2v) is 6.52. The van der Waals surface area contributed by atoms with E-state index in [-0.39, 0.29) is 5.92 Å². The van der Waals surface area contributed by atoms with Gasteiger partial charge in [-0.05, 0) is 35.7 Å². The van der Waals surface area contributed by atoms with Crippen LogP contribution >= 0.6 is 11.6 Å². The Balaban J connectivity index is 2.00. The number of rotatable bonds is 6. The Labute approximate surface area is 157 Å². The van der Waals surface area contributed by atoms with Crippen LogP contribution in [0.4, 0.5) is 5.69 Å². The van der Waals surface area contributed by atoms with Crippen LogP contribution in [0.15, 0.2) is 48.5 Å². The van der Waals surface area contributed by atoms with Crippen molar-refractivity contribution in [3.05, 3.63) is 64.7 Å². The average molecular weight is 371 g/mol. The smallest absolute Gasteiger partial charge is 0.314 e. The number of ether oxygens (including phenoxy) is 1. The van der Waals surface area contributed by atoms with E-state index in [0.29, 0.717) is 16.3 Å². The quantitative estimate of drug-likeness (QED) is 0.775. The molecule has 0 heterocycles. The molecule has 0 saturated heterocycles. The zero-order chi connectivity index (χ0) is 19.1. The minimum atomic E-state index is -0.500. The number of nitrogens with zero attached hydrogens (tertiary/aromatic N) is 1. The molecule has 1 amide bonds. The highest BCUT2D eigenvalue weighted by Gasteiger charge is 2.26. The Hall–Kier alpha value is -2.84. The summed E-state index contributed by atoms with van der Waals surface area (Å²) < 4.78 is 5.19. The van der Waals surface area contributed by atoms with Crippen molar-refractivity contribution in [3.63, 3.8) is 0 Å². The first-order chi connectivity index (χ1) is 12.4. The fourth-order valence-corrected chi connectivity index (χ4v) is 2.69. The SMILES string of the molecule is CC(C)[C@@H](C(=O)OCC(=O)Nc1ccccc1C#N)c1ccc(Cl)cc1. The number of hydrogen-bond acceptors (Lipinski definition) is 4. The lowest BCUT2D eigenvalue weighted by atomic mass is 9.88. The van der Waals surface area contributed by atoms with Crippen LogP contribution in [0.5, 0.6) is 0 Å². The van der Waals surface area contributed by atoms with E-state index in [1.807, 2.05) is 19.9 Å². The third-order valence-corrected chi connectivity index (χ3v) is 4.07. The van der Waals surface area contributed by atoms with Gasteiger partial charge in [-0.3, -0.25) is 9.59 Å². The molecule has 6 heteroatoms. The second-order valence-electron chi connectivity index (χ2n) is 6.09. The molecule has 0 fully saturated rings. The lowest BCUT2D eigenvalue weighted by Crippen LogP contribution is -2.26. The van der Waals surface area contributed by atoms with Gasteiger partial charge >= 0.3 is 5.97 Å². The van der Waals surface area contributed by atoms with Crippen molar-refractivity contribution in [3.8, 4) is 6.07 Å². The Bertz CT molecular complexity index is 826. The van der Waals surface area contributed by atoms with E-state index in [9.17, 15) is 9.59 Å². The summed E-state index contributed by atoms with van der Waals surface area (Å²) in [4.78, 5) is 24.5. The van der Waals surface area contributed by atoms with Crippen molar-refractivity contribution in [2.24, 2.45) is 5.92 Å². The number of esters is 1. The second kappa shape index (κ2) is 9.02. The number of para-hydroxylation sites is 1. The van der Waals surface area contributed by atoms with Gasteiger partial charge in [0.1, 0.15) is 6.07 Å². The highest BCUT2D eigenvalue weighted by molar-refractivity contribution is 6.30. The molecule has 26 heavy (non-hydrogen) atoms. The van der Waals surface area contributed by atoms with Crippen LogP contribution < -0.4 is 5.32 Å². The van der Waals surface area contributed by atoms with Gasteiger partial charge in [0.15, 0.2) is 6.61 Å². The van der Waals surface area contributed by atoms with Crippen LogP contribution in [0.3, 0.4) is 0 Å². The van der Waals surface area contributed by atoms with Gasteiger partial charge in [-0.2, -0.15) is 5.26 Å². The topological polar surface area (TPSA) is 79.2 Å². The summed E-state index contributed by atoms with van der Waals surface area (Å²) in [5.41, 5.74) is 1.51. The number of anilines is 1. The first-order valence-electron chi connectivity index (χ1n) is 8.13. The van der Waals surface area contributed by atoms with Crippen LogP contribution in [0.2, 0.25) is 5.02 Å². The first-order valence-corrected chi connectivity index (χ1v) is 8.51. The van der Waals surface area contributed by atoms with Gasteiger partial charge in [0.25, 0.3) is 5.91 Å². The van der Waals surface area contributed by atoms with E-state index in [1.165, 1.54) is 0 Å². The summed E-state index contributed by atoms with van der Waals surface area (Å²) in [7, 11) is 0. The summed E-state index contributed by atoms with van der Waals surface area (Å²) >= 11 is 5.89. The van der Waals surface area contributed by atoms with Crippen molar-refractivity contribution in [2.75, 3.05) is 11.9 Å². The maximum Gasteiger partial charge on any atom is 0.314 e. The molecule has 1 N–H and O–H groups in total. The molecule has 0 aliphatic carbocycles. The lowest BCUT2D eigenvalue weighted by molar-refractivity contribution is -0.149. The normalized spacial score (nSPS) is 11.5. The molecule has 134 valence electrons. The van der Waals surface area contributed by atoms with Gasteiger partial charge in [-0.25, -0.2) is 0 Å². The molecule has 0 bridgehead atoms. The monoisotopic (exact) mass is 370 g/mol. The molecular formula is C20H19ClN2O3. The molecule has 0 unspecified atom stereocenters. The third kappa shape index (κ3) is 5.08. The minimum Gasteiger partial charge on any atom is -0.455 e. The highest BCUT2D eigenvalue weighted by atomic mass is 35.5. The van der Waals surface area contributed by atoms with Crippen LogP contribution in [-0.4, -0.2) is 18.5 Å². The van der Waals surface area contributed by atoms with Gasteiger partial charge in [0.05, 0.1) is 17.2 Å². The van der Waals surface area contributed by atoms with Crippen molar-refractivity contribution in [1.29, 1.82) is 5.26 Å². The van der Waals surface area contributed by atoms with Crippen molar-refractivity contribution in [2.45, 2.75) is 19.8 Å². The van der Waals surface area contributed by atoms with E-state index >= 15 is 0 Å². The first kappa shape index (κ1) is 19.5. The Morgan fingerprint density at radius 1 is 1.15 bits per heavy atom. The number of halogens is 1. The zero-order valence-corrected chi connectivity index (χ0v) is 15.3. The number of benzene rings is 2. The van der Waals surface area contributed by atoms with Crippen molar-refractivity contribution < 1.29 is 14.3 Å². The van der Waals surface area contributed by atoms with Crippen LogP contribution in [0, 0.1) is 17.2 Å². The molecule has 0 saturated carbocycles. The summed E-state index contributed by atoms with van der Waals surface area (Å²) in [5, 5.41) is 12.2.